The summed E-state index contributed by atoms with van der Waals surface area (Å²) in [6.07, 6.45) is 1.71. The Morgan fingerprint density at radius 2 is 1.61 bits per heavy atom. The number of amides is 2. The van der Waals surface area contributed by atoms with Crippen LogP contribution in [0.1, 0.15) is 46.6 Å². The largest absolute Gasteiger partial charge is 0.333 e. The normalized spacial score (nSPS) is 16.9. The average molecular weight is 461 g/mol. The highest BCUT2D eigenvalue weighted by molar-refractivity contribution is 7.11. The molecule has 0 saturated heterocycles. The molecule has 3 aromatic rings. The van der Waals surface area contributed by atoms with E-state index in [1.807, 2.05) is 53.4 Å². The van der Waals surface area contributed by atoms with E-state index in [2.05, 4.69) is 38.1 Å². The van der Waals surface area contributed by atoms with Crippen LogP contribution in [0.2, 0.25) is 0 Å². The van der Waals surface area contributed by atoms with Crippen LogP contribution in [-0.2, 0) is 22.7 Å². The summed E-state index contributed by atoms with van der Waals surface area (Å²) in [6.45, 7) is 6.00. The maximum atomic E-state index is 13.5. The highest BCUT2D eigenvalue weighted by atomic mass is 32.1. The molecule has 1 aliphatic carbocycles. The van der Waals surface area contributed by atoms with Crippen LogP contribution in [-0.4, -0.2) is 34.7 Å². The third kappa shape index (κ3) is 6.11. The minimum atomic E-state index is -0.00531. The summed E-state index contributed by atoms with van der Waals surface area (Å²) in [5.74, 6) is 0.395. The van der Waals surface area contributed by atoms with E-state index in [-0.39, 0.29) is 30.2 Å². The van der Waals surface area contributed by atoms with Crippen molar-refractivity contribution in [2.45, 2.75) is 45.7 Å². The summed E-state index contributed by atoms with van der Waals surface area (Å²) in [7, 11) is 0. The molecule has 172 valence electrons. The fraction of sp³-hybridized carbons (Fsp3) is 0.357. The number of benzene rings is 2. The van der Waals surface area contributed by atoms with E-state index in [1.54, 1.807) is 16.2 Å². The lowest BCUT2D eigenvalue weighted by Crippen LogP contribution is -2.43. The van der Waals surface area contributed by atoms with Gasteiger partial charge in [0.15, 0.2) is 0 Å². The van der Waals surface area contributed by atoms with Crippen LogP contribution in [0, 0.1) is 12.8 Å². The molecule has 33 heavy (non-hydrogen) atoms. The Hall–Kier alpha value is -2.92. The van der Waals surface area contributed by atoms with Crippen LogP contribution in [0.5, 0.6) is 0 Å². The minimum Gasteiger partial charge on any atom is -0.333 e. The number of hydrogen-bond donors (Lipinski definition) is 0. The van der Waals surface area contributed by atoms with E-state index < -0.39 is 0 Å². The standard InChI is InChI=1S/C28H32N2O2S/c1-3-16-29(28(32)26-17-25(26)23-12-8-5-9-13-23)20-27(31)30(18-22-10-6-4-7-11-22)19-24-15-14-21(2)33-24/h4-15,25-26H,3,16-20H2,1-2H3. The van der Waals surface area contributed by atoms with Crippen LogP contribution >= 0.6 is 11.3 Å². The Balaban J connectivity index is 1.46. The molecular weight excluding hydrogens is 428 g/mol. The van der Waals surface area contributed by atoms with Crippen molar-refractivity contribution in [3.63, 3.8) is 0 Å². The highest BCUT2D eigenvalue weighted by Crippen LogP contribution is 2.48. The molecule has 2 aromatic carbocycles. The van der Waals surface area contributed by atoms with E-state index in [1.165, 1.54) is 10.4 Å². The van der Waals surface area contributed by atoms with E-state index in [4.69, 9.17) is 0 Å². The lowest BCUT2D eigenvalue weighted by Gasteiger charge is -2.28. The number of hydrogen-bond acceptors (Lipinski definition) is 3. The van der Waals surface area contributed by atoms with Crippen LogP contribution in [0.15, 0.2) is 72.8 Å². The molecule has 0 radical (unpaired) electrons. The third-order valence-electron chi connectivity index (χ3n) is 6.18. The second-order valence-corrected chi connectivity index (χ2v) is 10.2. The van der Waals surface area contributed by atoms with Gasteiger partial charge in [-0.15, -0.1) is 11.3 Å². The van der Waals surface area contributed by atoms with Gasteiger partial charge < -0.3 is 9.80 Å². The highest BCUT2D eigenvalue weighted by Gasteiger charge is 2.45. The lowest BCUT2D eigenvalue weighted by atomic mass is 10.1. The molecule has 0 spiro atoms. The SMILES string of the molecule is CCCN(CC(=O)N(Cc1ccccc1)Cc1ccc(C)s1)C(=O)C1CC1c1ccccc1. The molecule has 0 aliphatic heterocycles. The van der Waals surface area contributed by atoms with Gasteiger partial charge in [-0.05, 0) is 48.9 Å². The zero-order chi connectivity index (χ0) is 23.2. The van der Waals surface area contributed by atoms with Gasteiger partial charge in [-0.3, -0.25) is 9.59 Å². The van der Waals surface area contributed by atoms with Crippen molar-refractivity contribution in [2.75, 3.05) is 13.1 Å². The monoisotopic (exact) mass is 460 g/mol. The predicted octanol–water partition coefficient (Wildman–Crippen LogP) is 5.63. The smallest absolute Gasteiger partial charge is 0.242 e. The second-order valence-electron chi connectivity index (χ2n) is 8.87. The van der Waals surface area contributed by atoms with Gasteiger partial charge in [-0.2, -0.15) is 0 Å². The van der Waals surface area contributed by atoms with E-state index in [0.717, 1.165) is 23.3 Å². The maximum absolute atomic E-state index is 13.5. The predicted molar refractivity (Wildman–Crippen MR) is 134 cm³/mol. The maximum Gasteiger partial charge on any atom is 0.242 e. The first-order valence-corrected chi connectivity index (χ1v) is 12.6. The Bertz CT molecular complexity index is 1060. The van der Waals surface area contributed by atoms with Gasteiger partial charge in [-0.1, -0.05) is 67.6 Å². The number of nitrogens with zero attached hydrogens (tertiary/aromatic N) is 2. The molecule has 2 amide bonds. The van der Waals surface area contributed by atoms with Gasteiger partial charge in [-0.25, -0.2) is 0 Å². The lowest BCUT2D eigenvalue weighted by molar-refractivity contribution is -0.142. The van der Waals surface area contributed by atoms with Gasteiger partial charge in [0.1, 0.15) is 0 Å². The van der Waals surface area contributed by atoms with E-state index >= 15 is 0 Å². The summed E-state index contributed by atoms with van der Waals surface area (Å²) < 4.78 is 0. The molecule has 5 heteroatoms. The Kier molecular flexibility index (Phi) is 7.61. The van der Waals surface area contributed by atoms with E-state index in [0.29, 0.717) is 19.6 Å². The molecule has 1 aliphatic rings. The summed E-state index contributed by atoms with van der Waals surface area (Å²) >= 11 is 1.72. The number of carbonyl (C=O) groups excluding carboxylic acids is 2. The zero-order valence-electron chi connectivity index (χ0n) is 19.4. The van der Waals surface area contributed by atoms with Gasteiger partial charge in [0, 0.05) is 28.8 Å². The first-order valence-electron chi connectivity index (χ1n) is 11.8. The number of thiophene rings is 1. The molecule has 4 rings (SSSR count). The summed E-state index contributed by atoms with van der Waals surface area (Å²) in [5.41, 5.74) is 2.32. The van der Waals surface area contributed by atoms with Gasteiger partial charge in [0.05, 0.1) is 13.1 Å². The molecule has 1 heterocycles. The molecule has 0 bridgehead atoms. The molecule has 1 aromatic heterocycles. The van der Waals surface area contributed by atoms with Crippen molar-refractivity contribution in [1.82, 2.24) is 9.80 Å². The van der Waals surface area contributed by atoms with Crippen molar-refractivity contribution >= 4 is 23.2 Å². The average Bonchev–Trinajstić information content (AvgIpc) is 3.53. The van der Waals surface area contributed by atoms with Gasteiger partial charge in [0.2, 0.25) is 11.8 Å². The number of aryl methyl sites for hydroxylation is 1. The van der Waals surface area contributed by atoms with Gasteiger partial charge in [0.25, 0.3) is 0 Å². The third-order valence-corrected chi connectivity index (χ3v) is 7.16. The number of rotatable bonds is 10. The van der Waals surface area contributed by atoms with Crippen LogP contribution < -0.4 is 0 Å². The fourth-order valence-electron chi connectivity index (χ4n) is 4.37. The van der Waals surface area contributed by atoms with Crippen LogP contribution in [0.3, 0.4) is 0 Å². The van der Waals surface area contributed by atoms with Crippen LogP contribution in [0.4, 0.5) is 0 Å². The van der Waals surface area contributed by atoms with Crippen molar-refractivity contribution in [3.8, 4) is 0 Å². The molecule has 1 fully saturated rings. The topological polar surface area (TPSA) is 40.6 Å². The Morgan fingerprint density at radius 3 is 2.24 bits per heavy atom. The molecule has 0 N–H and O–H groups in total. The van der Waals surface area contributed by atoms with Crippen molar-refractivity contribution in [1.29, 1.82) is 0 Å². The summed E-state index contributed by atoms with van der Waals surface area (Å²) in [6, 6.07) is 24.5. The van der Waals surface area contributed by atoms with Gasteiger partial charge >= 0.3 is 0 Å². The molecule has 2 atom stereocenters. The van der Waals surface area contributed by atoms with Crippen LogP contribution in [0.25, 0.3) is 0 Å². The fourth-order valence-corrected chi connectivity index (χ4v) is 5.27. The Labute approximate surface area is 200 Å². The van der Waals surface area contributed by atoms with Crippen molar-refractivity contribution in [2.24, 2.45) is 5.92 Å². The van der Waals surface area contributed by atoms with Crippen molar-refractivity contribution < 1.29 is 9.59 Å². The van der Waals surface area contributed by atoms with E-state index in [9.17, 15) is 9.59 Å². The summed E-state index contributed by atoms with van der Waals surface area (Å²) in [4.78, 5) is 32.9. The minimum absolute atomic E-state index is 0.00335. The molecule has 4 nitrogen and oxygen atoms in total. The molecular formula is C28H32N2O2S. The summed E-state index contributed by atoms with van der Waals surface area (Å²) in [5, 5.41) is 0. The Morgan fingerprint density at radius 1 is 0.909 bits per heavy atom. The second kappa shape index (κ2) is 10.8. The molecule has 1 saturated carbocycles. The first-order chi connectivity index (χ1) is 16.0. The first kappa shape index (κ1) is 23.2. The quantitative estimate of drug-likeness (QED) is 0.394. The molecule has 2 unspecified atom stereocenters. The van der Waals surface area contributed by atoms with Crippen molar-refractivity contribution in [3.05, 3.63) is 93.7 Å². The zero-order valence-corrected chi connectivity index (χ0v) is 20.3. The number of carbonyl (C=O) groups is 2.